The van der Waals surface area contributed by atoms with Gasteiger partial charge in [-0.05, 0) is 43.9 Å². The van der Waals surface area contributed by atoms with Crippen molar-refractivity contribution in [3.63, 3.8) is 0 Å². The van der Waals surface area contributed by atoms with Gasteiger partial charge in [0.15, 0.2) is 0 Å². The summed E-state index contributed by atoms with van der Waals surface area (Å²) in [4.78, 5) is 28.8. The molecule has 2 amide bonds. The molecule has 0 aromatic heterocycles. The second-order valence-electron chi connectivity index (χ2n) is 8.07. The van der Waals surface area contributed by atoms with Crippen LogP contribution in [-0.2, 0) is 21.5 Å². The van der Waals surface area contributed by atoms with Gasteiger partial charge in [-0.15, -0.1) is 0 Å². The first-order valence-electron chi connectivity index (χ1n) is 10.2. The quantitative estimate of drug-likeness (QED) is 0.864. The molecule has 3 aliphatic heterocycles. The Hall–Kier alpha value is -2.66. The van der Waals surface area contributed by atoms with Crippen LogP contribution in [0, 0.1) is 5.92 Å². The summed E-state index contributed by atoms with van der Waals surface area (Å²) in [5.41, 5.74) is 2.16. The number of carbonyl (C=O) groups excluding carboxylic acids is 2. The van der Waals surface area contributed by atoms with Crippen molar-refractivity contribution in [2.24, 2.45) is 5.92 Å². The van der Waals surface area contributed by atoms with Gasteiger partial charge in [0.25, 0.3) is 0 Å². The van der Waals surface area contributed by atoms with E-state index in [1.807, 2.05) is 42.5 Å². The molecule has 2 fully saturated rings. The van der Waals surface area contributed by atoms with E-state index < -0.39 is 5.54 Å². The van der Waals surface area contributed by atoms with Crippen LogP contribution in [0.3, 0.4) is 0 Å². The molecule has 2 aromatic carbocycles. The van der Waals surface area contributed by atoms with Crippen LogP contribution < -0.4 is 10.6 Å². The third kappa shape index (κ3) is 2.49. The topological polar surface area (TPSA) is 61.4 Å². The predicted octanol–water partition coefficient (Wildman–Crippen LogP) is 2.68. The normalized spacial score (nSPS) is 28.2. The van der Waals surface area contributed by atoms with E-state index in [0.29, 0.717) is 12.6 Å². The highest BCUT2D eigenvalue weighted by molar-refractivity contribution is 6.09. The molecule has 0 aliphatic carbocycles. The van der Waals surface area contributed by atoms with Crippen LogP contribution in [-0.4, -0.2) is 35.8 Å². The summed E-state index contributed by atoms with van der Waals surface area (Å²) in [6.45, 7) is 1.46. The van der Waals surface area contributed by atoms with Gasteiger partial charge in [-0.2, -0.15) is 0 Å². The molecule has 3 atom stereocenters. The summed E-state index contributed by atoms with van der Waals surface area (Å²) in [7, 11) is 0. The standard InChI is InChI=1S/C23H25N3O2/c27-21(24-13-12-16-7-2-1-3-8-16)19-15-17-9-6-14-26(17)23(19)18-10-4-5-11-20(18)25-22(23)28/h1-5,7-8,10-11,17,19H,6,9,12-15H2,(H,24,27)(H,25,28)/t17-,19-,23+/m1/s1. The molecule has 2 saturated heterocycles. The van der Waals surface area contributed by atoms with Gasteiger partial charge in [0, 0.05) is 23.8 Å². The lowest BCUT2D eigenvalue weighted by Crippen LogP contribution is -2.54. The fourth-order valence-electron chi connectivity index (χ4n) is 5.48. The van der Waals surface area contributed by atoms with Gasteiger partial charge in [-0.1, -0.05) is 48.5 Å². The summed E-state index contributed by atoms with van der Waals surface area (Å²) >= 11 is 0. The van der Waals surface area contributed by atoms with Crippen molar-refractivity contribution < 1.29 is 9.59 Å². The minimum Gasteiger partial charge on any atom is -0.355 e. The molecular formula is C23H25N3O2. The number of carbonyl (C=O) groups is 2. The number of nitrogens with one attached hydrogen (secondary N) is 2. The van der Waals surface area contributed by atoms with Crippen molar-refractivity contribution in [2.75, 3.05) is 18.4 Å². The molecule has 3 aliphatic rings. The molecular weight excluding hydrogens is 350 g/mol. The van der Waals surface area contributed by atoms with E-state index >= 15 is 0 Å². The molecule has 1 spiro atoms. The Balaban J connectivity index is 1.42. The first kappa shape index (κ1) is 17.4. The molecule has 0 bridgehead atoms. The number of benzene rings is 2. The Labute approximate surface area is 165 Å². The average molecular weight is 375 g/mol. The van der Waals surface area contributed by atoms with E-state index in [-0.39, 0.29) is 17.7 Å². The van der Waals surface area contributed by atoms with Crippen molar-refractivity contribution in [3.8, 4) is 0 Å². The van der Waals surface area contributed by atoms with Crippen molar-refractivity contribution >= 4 is 17.5 Å². The molecule has 0 saturated carbocycles. The van der Waals surface area contributed by atoms with E-state index in [4.69, 9.17) is 0 Å². The number of rotatable bonds is 4. The second-order valence-corrected chi connectivity index (χ2v) is 8.07. The van der Waals surface area contributed by atoms with Gasteiger partial charge in [-0.25, -0.2) is 0 Å². The minimum absolute atomic E-state index is 0.00261. The maximum absolute atomic E-state index is 13.3. The highest BCUT2D eigenvalue weighted by Crippen LogP contribution is 2.55. The molecule has 2 aromatic rings. The van der Waals surface area contributed by atoms with Crippen LogP contribution in [0.25, 0.3) is 0 Å². The molecule has 28 heavy (non-hydrogen) atoms. The maximum atomic E-state index is 13.3. The molecule has 3 heterocycles. The fourth-order valence-corrected chi connectivity index (χ4v) is 5.48. The third-order valence-electron chi connectivity index (χ3n) is 6.65. The minimum atomic E-state index is -0.853. The SMILES string of the molecule is O=C(NCCc1ccccc1)[C@H]1C[C@H]2CCCN2[C@]12C(=O)Nc1ccccc12. The highest BCUT2D eigenvalue weighted by atomic mass is 16.2. The molecule has 0 radical (unpaired) electrons. The van der Waals surface area contributed by atoms with Crippen molar-refractivity contribution in [2.45, 2.75) is 37.3 Å². The van der Waals surface area contributed by atoms with Crippen LogP contribution in [0.2, 0.25) is 0 Å². The number of hydrogen-bond acceptors (Lipinski definition) is 3. The number of amides is 2. The highest BCUT2D eigenvalue weighted by Gasteiger charge is 2.65. The Morgan fingerprint density at radius 1 is 1.14 bits per heavy atom. The van der Waals surface area contributed by atoms with Crippen molar-refractivity contribution in [1.29, 1.82) is 0 Å². The largest absolute Gasteiger partial charge is 0.355 e. The zero-order chi connectivity index (χ0) is 19.1. The van der Waals surface area contributed by atoms with Crippen LogP contribution >= 0.6 is 0 Å². The lowest BCUT2D eigenvalue weighted by molar-refractivity contribution is -0.137. The summed E-state index contributed by atoms with van der Waals surface area (Å²) in [6.07, 6.45) is 3.69. The fraction of sp³-hybridized carbons (Fsp3) is 0.391. The number of fused-ring (bicyclic) bond motifs is 4. The summed E-state index contributed by atoms with van der Waals surface area (Å²) in [5.74, 6) is -0.393. The number of nitrogens with zero attached hydrogens (tertiary/aromatic N) is 1. The molecule has 5 heteroatoms. The summed E-state index contributed by atoms with van der Waals surface area (Å²) in [5, 5.41) is 6.17. The summed E-state index contributed by atoms with van der Waals surface area (Å²) in [6, 6.07) is 18.3. The van der Waals surface area contributed by atoms with Gasteiger partial charge < -0.3 is 10.6 Å². The van der Waals surface area contributed by atoms with E-state index in [1.165, 1.54) is 5.56 Å². The van der Waals surface area contributed by atoms with E-state index in [0.717, 1.165) is 43.5 Å². The number of anilines is 1. The second kappa shape index (κ2) is 6.74. The van der Waals surface area contributed by atoms with Crippen molar-refractivity contribution in [3.05, 3.63) is 65.7 Å². The molecule has 144 valence electrons. The smallest absolute Gasteiger partial charge is 0.250 e. The predicted molar refractivity (Wildman–Crippen MR) is 108 cm³/mol. The summed E-state index contributed by atoms with van der Waals surface area (Å²) < 4.78 is 0. The zero-order valence-corrected chi connectivity index (χ0v) is 15.9. The van der Waals surface area contributed by atoms with Gasteiger partial charge >= 0.3 is 0 Å². The Kier molecular flexibility index (Phi) is 4.20. The maximum Gasteiger partial charge on any atom is 0.250 e. The Morgan fingerprint density at radius 2 is 1.93 bits per heavy atom. The molecule has 2 N–H and O–H groups in total. The van der Waals surface area contributed by atoms with Crippen molar-refractivity contribution in [1.82, 2.24) is 10.2 Å². The first-order valence-corrected chi connectivity index (χ1v) is 10.2. The van der Waals surface area contributed by atoms with Crippen LogP contribution in [0.15, 0.2) is 54.6 Å². The zero-order valence-electron chi connectivity index (χ0n) is 15.9. The van der Waals surface area contributed by atoms with Gasteiger partial charge in [0.2, 0.25) is 11.8 Å². The molecule has 0 unspecified atom stereocenters. The lowest BCUT2D eigenvalue weighted by Gasteiger charge is -2.36. The van der Waals surface area contributed by atoms with Gasteiger partial charge in [0.1, 0.15) is 5.54 Å². The number of para-hydroxylation sites is 1. The molecule has 5 rings (SSSR count). The van der Waals surface area contributed by atoms with Crippen LogP contribution in [0.4, 0.5) is 5.69 Å². The number of hydrogen-bond donors (Lipinski definition) is 2. The van der Waals surface area contributed by atoms with E-state index in [2.05, 4.69) is 27.7 Å². The monoisotopic (exact) mass is 375 g/mol. The van der Waals surface area contributed by atoms with Crippen LogP contribution in [0.5, 0.6) is 0 Å². The Bertz CT molecular complexity index is 913. The third-order valence-corrected chi connectivity index (χ3v) is 6.65. The van der Waals surface area contributed by atoms with E-state index in [1.54, 1.807) is 0 Å². The van der Waals surface area contributed by atoms with Gasteiger partial charge in [0.05, 0.1) is 5.92 Å². The van der Waals surface area contributed by atoms with E-state index in [9.17, 15) is 9.59 Å². The molecule has 5 nitrogen and oxygen atoms in total. The van der Waals surface area contributed by atoms with Crippen LogP contribution in [0.1, 0.15) is 30.4 Å². The van der Waals surface area contributed by atoms with Gasteiger partial charge in [-0.3, -0.25) is 14.5 Å². The lowest BCUT2D eigenvalue weighted by atomic mass is 9.78. The average Bonchev–Trinajstić information content (AvgIpc) is 3.37. The first-order chi connectivity index (χ1) is 13.7. The Morgan fingerprint density at radius 3 is 2.79 bits per heavy atom.